The van der Waals surface area contributed by atoms with Gasteiger partial charge in [0, 0.05) is 18.3 Å². The monoisotopic (exact) mass is 292 g/mol. The van der Waals surface area contributed by atoms with Crippen LogP contribution in [0.15, 0.2) is 42.6 Å². The third kappa shape index (κ3) is 3.96. The largest absolute Gasteiger partial charge is 0.506 e. The molecule has 106 valence electrons. The highest BCUT2D eigenvalue weighted by atomic mass is 32.2. The second kappa shape index (κ2) is 5.92. The van der Waals surface area contributed by atoms with Crippen LogP contribution in [-0.2, 0) is 16.4 Å². The summed E-state index contributed by atoms with van der Waals surface area (Å²) in [7, 11) is -3.52. The van der Waals surface area contributed by atoms with E-state index in [1.165, 1.54) is 6.07 Å². The third-order valence-electron chi connectivity index (χ3n) is 2.77. The molecule has 0 aliphatic heterocycles. The Morgan fingerprint density at radius 3 is 2.75 bits per heavy atom. The number of phenolic OH excluding ortho intramolecular Hbond substituents is 1. The number of hydrogen-bond donors (Lipinski definition) is 2. The molecule has 0 spiro atoms. The molecule has 1 heterocycles. The maximum Gasteiger partial charge on any atom is 0.233 e. The Morgan fingerprint density at radius 1 is 1.25 bits per heavy atom. The summed E-state index contributed by atoms with van der Waals surface area (Å²) >= 11 is 0. The molecule has 5 nitrogen and oxygen atoms in total. The lowest BCUT2D eigenvalue weighted by atomic mass is 10.2. The number of aromatic nitrogens is 1. The smallest absolute Gasteiger partial charge is 0.233 e. The van der Waals surface area contributed by atoms with Crippen molar-refractivity contribution in [2.24, 2.45) is 0 Å². The molecule has 0 unspecified atom stereocenters. The van der Waals surface area contributed by atoms with Crippen LogP contribution in [0.5, 0.6) is 5.75 Å². The molecule has 2 N–H and O–H groups in total. The van der Waals surface area contributed by atoms with E-state index < -0.39 is 10.0 Å². The van der Waals surface area contributed by atoms with E-state index in [1.54, 1.807) is 30.5 Å². The topological polar surface area (TPSA) is 79.3 Å². The summed E-state index contributed by atoms with van der Waals surface area (Å²) in [6, 6.07) is 10.1. The summed E-state index contributed by atoms with van der Waals surface area (Å²) in [5.41, 5.74) is 1.78. The molecular formula is C14H16N2O3S. The van der Waals surface area contributed by atoms with Gasteiger partial charge in [-0.05, 0) is 36.8 Å². The van der Waals surface area contributed by atoms with E-state index in [9.17, 15) is 13.5 Å². The average Bonchev–Trinajstić information content (AvgIpc) is 2.42. The number of nitrogens with one attached hydrogen (secondary N) is 1. The van der Waals surface area contributed by atoms with E-state index in [0.29, 0.717) is 12.1 Å². The lowest BCUT2D eigenvalue weighted by Crippen LogP contribution is -2.18. The van der Waals surface area contributed by atoms with Gasteiger partial charge in [-0.2, -0.15) is 0 Å². The molecule has 0 atom stereocenters. The highest BCUT2D eigenvalue weighted by Crippen LogP contribution is 2.25. The number of aromatic hydroxyl groups is 1. The molecule has 6 heteroatoms. The van der Waals surface area contributed by atoms with Gasteiger partial charge in [-0.25, -0.2) is 8.42 Å². The molecule has 0 aliphatic carbocycles. The fraction of sp³-hybridized carbons (Fsp3) is 0.214. The minimum Gasteiger partial charge on any atom is -0.506 e. The lowest BCUT2D eigenvalue weighted by Gasteiger charge is -2.10. The van der Waals surface area contributed by atoms with Gasteiger partial charge < -0.3 is 5.11 Å². The maximum atomic E-state index is 12.0. The van der Waals surface area contributed by atoms with Gasteiger partial charge in [0.15, 0.2) is 0 Å². The van der Waals surface area contributed by atoms with E-state index in [2.05, 4.69) is 9.71 Å². The minimum absolute atomic E-state index is 0.0859. The van der Waals surface area contributed by atoms with Gasteiger partial charge in [-0.1, -0.05) is 12.1 Å². The normalized spacial score (nSPS) is 11.2. The van der Waals surface area contributed by atoms with Gasteiger partial charge in [-0.3, -0.25) is 9.71 Å². The molecule has 1 aromatic heterocycles. The van der Waals surface area contributed by atoms with E-state index >= 15 is 0 Å². The summed E-state index contributed by atoms with van der Waals surface area (Å²) in [6.45, 7) is 1.82. The van der Waals surface area contributed by atoms with Crippen LogP contribution in [0.3, 0.4) is 0 Å². The second-order valence-corrected chi connectivity index (χ2v) is 6.35. The Kier molecular flexibility index (Phi) is 4.24. The van der Waals surface area contributed by atoms with Crippen LogP contribution < -0.4 is 4.72 Å². The Labute approximate surface area is 118 Å². The molecule has 20 heavy (non-hydrogen) atoms. The molecule has 0 saturated carbocycles. The first-order valence-electron chi connectivity index (χ1n) is 6.16. The fourth-order valence-electron chi connectivity index (χ4n) is 1.74. The Bertz CT molecular complexity index is 685. The van der Waals surface area contributed by atoms with Crippen molar-refractivity contribution in [1.29, 1.82) is 0 Å². The number of hydrogen-bond acceptors (Lipinski definition) is 4. The van der Waals surface area contributed by atoms with Crippen LogP contribution in [0.2, 0.25) is 0 Å². The first kappa shape index (κ1) is 14.3. The lowest BCUT2D eigenvalue weighted by molar-refractivity contribution is 0.477. The van der Waals surface area contributed by atoms with Crippen LogP contribution in [0.4, 0.5) is 5.69 Å². The summed E-state index contributed by atoms with van der Waals surface area (Å²) in [6.07, 6.45) is 1.95. The first-order valence-corrected chi connectivity index (χ1v) is 7.81. The van der Waals surface area contributed by atoms with Crippen molar-refractivity contribution >= 4 is 15.7 Å². The zero-order valence-electron chi connectivity index (χ0n) is 11.1. The molecule has 0 amide bonds. The summed E-state index contributed by atoms with van der Waals surface area (Å²) < 4.78 is 26.4. The van der Waals surface area contributed by atoms with Crippen LogP contribution >= 0.6 is 0 Å². The predicted molar refractivity (Wildman–Crippen MR) is 78.2 cm³/mol. The molecule has 2 rings (SSSR count). The molecule has 0 aliphatic rings. The van der Waals surface area contributed by atoms with Crippen LogP contribution in [0, 0.1) is 6.92 Å². The van der Waals surface area contributed by atoms with Crippen LogP contribution in [0.25, 0.3) is 0 Å². The zero-order valence-corrected chi connectivity index (χ0v) is 11.9. The molecule has 0 saturated heterocycles. The molecule has 1 aromatic carbocycles. The Balaban J connectivity index is 2.06. The van der Waals surface area contributed by atoms with E-state index in [1.807, 2.05) is 13.0 Å². The van der Waals surface area contributed by atoms with E-state index in [0.717, 1.165) is 5.56 Å². The number of nitrogens with zero attached hydrogens (tertiary/aromatic N) is 1. The zero-order chi connectivity index (χ0) is 14.6. The van der Waals surface area contributed by atoms with Crippen molar-refractivity contribution in [2.75, 3.05) is 10.5 Å². The maximum absolute atomic E-state index is 12.0. The second-order valence-electron chi connectivity index (χ2n) is 4.51. The number of aryl methyl sites for hydroxylation is 2. The van der Waals surface area contributed by atoms with Crippen molar-refractivity contribution in [3.05, 3.63) is 53.9 Å². The minimum atomic E-state index is -3.52. The van der Waals surface area contributed by atoms with Crippen LogP contribution in [0.1, 0.15) is 11.3 Å². The van der Waals surface area contributed by atoms with Gasteiger partial charge >= 0.3 is 0 Å². The standard InChI is InChI=1S/C14H16N2O3S/c1-11-5-6-14(17)13(10-11)16-20(18,19)9-7-12-4-2-3-8-15-12/h2-6,8,10,16-17H,7,9H2,1H3. The number of anilines is 1. The van der Waals surface area contributed by atoms with Crippen LogP contribution in [-0.4, -0.2) is 24.3 Å². The van der Waals surface area contributed by atoms with Crippen molar-refractivity contribution in [2.45, 2.75) is 13.3 Å². The summed E-state index contributed by atoms with van der Waals surface area (Å²) in [5.74, 6) is -0.172. The Morgan fingerprint density at radius 2 is 2.05 bits per heavy atom. The fourth-order valence-corrected chi connectivity index (χ4v) is 2.81. The predicted octanol–water partition coefficient (Wildman–Crippen LogP) is 2.08. The average molecular weight is 292 g/mol. The number of sulfonamides is 1. The third-order valence-corrected chi connectivity index (χ3v) is 4.04. The summed E-state index contributed by atoms with van der Waals surface area (Å²) in [4.78, 5) is 4.08. The number of rotatable bonds is 5. The molecule has 0 fully saturated rings. The highest BCUT2D eigenvalue weighted by Gasteiger charge is 2.13. The van der Waals surface area contributed by atoms with Gasteiger partial charge in [0.25, 0.3) is 0 Å². The molecular weight excluding hydrogens is 276 g/mol. The van der Waals surface area contributed by atoms with Crippen molar-refractivity contribution < 1.29 is 13.5 Å². The number of phenols is 1. The highest BCUT2D eigenvalue weighted by molar-refractivity contribution is 7.92. The van der Waals surface area contributed by atoms with Gasteiger partial charge in [0.2, 0.25) is 10.0 Å². The van der Waals surface area contributed by atoms with Crippen molar-refractivity contribution in [1.82, 2.24) is 4.98 Å². The van der Waals surface area contributed by atoms with Gasteiger partial charge in [0.1, 0.15) is 5.75 Å². The first-order chi connectivity index (χ1) is 9.46. The van der Waals surface area contributed by atoms with E-state index in [4.69, 9.17) is 0 Å². The molecule has 0 bridgehead atoms. The van der Waals surface area contributed by atoms with Crippen molar-refractivity contribution in [3.8, 4) is 5.75 Å². The van der Waals surface area contributed by atoms with Gasteiger partial charge in [0.05, 0.1) is 11.4 Å². The Hall–Kier alpha value is -2.08. The number of benzene rings is 1. The summed E-state index contributed by atoms with van der Waals surface area (Å²) in [5, 5.41) is 9.64. The van der Waals surface area contributed by atoms with Crippen molar-refractivity contribution in [3.63, 3.8) is 0 Å². The molecule has 0 radical (unpaired) electrons. The van der Waals surface area contributed by atoms with Gasteiger partial charge in [-0.15, -0.1) is 0 Å². The quantitative estimate of drug-likeness (QED) is 0.827. The number of pyridine rings is 1. The SMILES string of the molecule is Cc1ccc(O)c(NS(=O)(=O)CCc2ccccn2)c1. The molecule has 2 aromatic rings. The van der Waals surface area contributed by atoms with E-state index in [-0.39, 0.29) is 17.2 Å².